The average Bonchev–Trinajstić information content (AvgIpc) is 2.78. The third-order valence-corrected chi connectivity index (χ3v) is 4.42. The zero-order valence-electron chi connectivity index (χ0n) is 18.2. The quantitative estimate of drug-likeness (QED) is 0.433. The van der Waals surface area contributed by atoms with Gasteiger partial charge in [-0.25, -0.2) is 0 Å². The Bertz CT molecular complexity index is 1280. The van der Waals surface area contributed by atoms with E-state index in [1.165, 1.54) is 6.07 Å². The van der Waals surface area contributed by atoms with Crippen LogP contribution in [0, 0.1) is 11.6 Å². The van der Waals surface area contributed by atoms with E-state index < -0.39 is 64.1 Å². The molecule has 7 nitrogen and oxygen atoms in total. The van der Waals surface area contributed by atoms with Gasteiger partial charge in [-0.05, 0) is 50.2 Å². The molecule has 184 valence electrons. The van der Waals surface area contributed by atoms with Crippen molar-refractivity contribution < 1.29 is 41.0 Å². The second kappa shape index (κ2) is 9.95. The van der Waals surface area contributed by atoms with E-state index in [9.17, 15) is 31.5 Å². The van der Waals surface area contributed by atoms with Crippen LogP contribution in [0.4, 0.5) is 27.6 Å². The Morgan fingerprint density at radius 1 is 1.00 bits per heavy atom. The van der Waals surface area contributed by atoms with Crippen molar-refractivity contribution in [2.45, 2.75) is 26.1 Å². The number of anilines is 1. The Kier molecular flexibility index (Phi) is 7.22. The van der Waals surface area contributed by atoms with Crippen LogP contribution in [-0.4, -0.2) is 22.9 Å². The average molecular weight is 495 g/mol. The Morgan fingerprint density at radius 3 is 2.29 bits per heavy atom. The largest absolute Gasteiger partial charge is 0.488 e. The van der Waals surface area contributed by atoms with Crippen LogP contribution in [0.5, 0.6) is 17.2 Å². The molecule has 0 bridgehead atoms. The second-order valence-corrected chi connectivity index (χ2v) is 7.38. The minimum absolute atomic E-state index is 0.0888. The summed E-state index contributed by atoms with van der Waals surface area (Å²) in [5, 5.41) is 2.19. The van der Waals surface area contributed by atoms with E-state index in [0.29, 0.717) is 6.07 Å². The van der Waals surface area contributed by atoms with Crippen LogP contribution in [0.3, 0.4) is 0 Å². The summed E-state index contributed by atoms with van der Waals surface area (Å²) in [4.78, 5) is 27.9. The number of primary amides is 1. The minimum atomic E-state index is -5.00. The van der Waals surface area contributed by atoms with Crippen molar-refractivity contribution in [1.82, 2.24) is 4.98 Å². The number of alkyl halides is 3. The molecule has 0 spiro atoms. The molecule has 0 fully saturated rings. The molecule has 0 radical (unpaired) electrons. The number of halogens is 5. The predicted molar refractivity (Wildman–Crippen MR) is 114 cm³/mol. The van der Waals surface area contributed by atoms with Gasteiger partial charge >= 0.3 is 6.18 Å². The number of ether oxygens (including phenoxy) is 2. The molecule has 0 saturated carbocycles. The van der Waals surface area contributed by atoms with Crippen LogP contribution >= 0.6 is 0 Å². The van der Waals surface area contributed by atoms with E-state index >= 15 is 0 Å². The smallest absolute Gasteiger partial charge is 0.417 e. The molecule has 0 atom stereocenters. The molecule has 0 unspecified atom stereocenters. The van der Waals surface area contributed by atoms with Crippen LogP contribution in [0.1, 0.15) is 40.3 Å². The van der Waals surface area contributed by atoms with Crippen molar-refractivity contribution in [3.05, 3.63) is 77.1 Å². The van der Waals surface area contributed by atoms with E-state index in [2.05, 4.69) is 10.3 Å². The van der Waals surface area contributed by atoms with Gasteiger partial charge in [0.1, 0.15) is 11.4 Å². The first-order valence-corrected chi connectivity index (χ1v) is 9.98. The number of carbonyl (C=O) groups is 2. The highest BCUT2D eigenvalue weighted by Gasteiger charge is 2.37. The number of nitrogens with zero attached hydrogens (tertiary/aromatic N) is 1. The summed E-state index contributed by atoms with van der Waals surface area (Å²) in [5.41, 5.74) is 2.40. The highest BCUT2D eigenvalue weighted by atomic mass is 19.4. The van der Waals surface area contributed by atoms with Gasteiger partial charge in [0.2, 0.25) is 11.6 Å². The zero-order valence-corrected chi connectivity index (χ0v) is 18.2. The monoisotopic (exact) mass is 495 g/mol. The lowest BCUT2D eigenvalue weighted by Crippen LogP contribution is -2.20. The van der Waals surface area contributed by atoms with E-state index in [1.807, 2.05) is 0 Å². The van der Waals surface area contributed by atoms with E-state index in [0.717, 1.165) is 36.5 Å². The summed E-state index contributed by atoms with van der Waals surface area (Å²) in [6.45, 7) is 3.18. The Hall–Kier alpha value is -4.22. The minimum Gasteiger partial charge on any atom is -0.488 e. The maximum absolute atomic E-state index is 14.6. The first-order chi connectivity index (χ1) is 16.4. The number of benzene rings is 2. The Morgan fingerprint density at radius 2 is 1.66 bits per heavy atom. The number of aromatic nitrogens is 1. The van der Waals surface area contributed by atoms with Crippen LogP contribution in [0.25, 0.3) is 0 Å². The SMILES string of the molecule is CC(C)Oc1ccc(Oc2cccc(C(F)(F)F)c2C(=O)Nc2ccnc(C(N)=O)c2)c(F)c1F. The van der Waals surface area contributed by atoms with Crippen molar-refractivity contribution in [1.29, 1.82) is 0 Å². The molecule has 1 aromatic heterocycles. The maximum Gasteiger partial charge on any atom is 0.417 e. The molecule has 2 aromatic carbocycles. The summed E-state index contributed by atoms with van der Waals surface area (Å²) >= 11 is 0. The van der Waals surface area contributed by atoms with Gasteiger partial charge in [-0.2, -0.15) is 22.0 Å². The molecule has 0 saturated heterocycles. The summed E-state index contributed by atoms with van der Waals surface area (Å²) < 4.78 is 80.4. The molecule has 0 aliphatic rings. The second-order valence-electron chi connectivity index (χ2n) is 7.38. The lowest BCUT2D eigenvalue weighted by molar-refractivity contribution is -0.138. The lowest BCUT2D eigenvalue weighted by atomic mass is 10.0. The van der Waals surface area contributed by atoms with Crippen LogP contribution < -0.4 is 20.5 Å². The van der Waals surface area contributed by atoms with E-state index in [-0.39, 0.29) is 11.4 Å². The number of rotatable bonds is 7. The third kappa shape index (κ3) is 5.83. The molecule has 3 aromatic rings. The summed E-state index contributed by atoms with van der Waals surface area (Å²) in [6.07, 6.45) is -4.36. The number of nitrogens with one attached hydrogen (secondary N) is 1. The molecule has 0 aliphatic heterocycles. The number of hydrogen-bond acceptors (Lipinski definition) is 5. The molecule has 1 heterocycles. The molecule has 35 heavy (non-hydrogen) atoms. The fourth-order valence-corrected chi connectivity index (χ4v) is 2.98. The van der Waals surface area contributed by atoms with Gasteiger partial charge in [-0.1, -0.05) is 6.07 Å². The summed E-state index contributed by atoms with van der Waals surface area (Å²) in [7, 11) is 0. The fourth-order valence-electron chi connectivity index (χ4n) is 2.98. The Balaban J connectivity index is 2.04. The van der Waals surface area contributed by atoms with Crippen molar-refractivity contribution in [2.24, 2.45) is 5.73 Å². The van der Waals surface area contributed by atoms with Crippen LogP contribution in [-0.2, 0) is 6.18 Å². The van der Waals surface area contributed by atoms with Crippen molar-refractivity contribution in [3.8, 4) is 17.2 Å². The summed E-state index contributed by atoms with van der Waals surface area (Å²) in [5.74, 6) is -7.05. The zero-order chi connectivity index (χ0) is 25.9. The normalized spacial score (nSPS) is 11.3. The number of hydrogen-bond donors (Lipinski definition) is 2. The highest BCUT2D eigenvalue weighted by molar-refractivity contribution is 6.08. The Labute approximate surface area is 195 Å². The van der Waals surface area contributed by atoms with Gasteiger partial charge in [0, 0.05) is 11.9 Å². The molecule has 3 rings (SSSR count). The molecule has 12 heteroatoms. The van der Waals surface area contributed by atoms with Gasteiger partial charge in [0.15, 0.2) is 11.5 Å². The number of pyridine rings is 1. The number of carbonyl (C=O) groups excluding carboxylic acids is 2. The van der Waals surface area contributed by atoms with Crippen LogP contribution in [0.2, 0.25) is 0 Å². The first-order valence-electron chi connectivity index (χ1n) is 9.98. The van der Waals surface area contributed by atoms with E-state index in [4.69, 9.17) is 15.2 Å². The fraction of sp³-hybridized carbons (Fsp3) is 0.174. The van der Waals surface area contributed by atoms with Gasteiger partial charge in [-0.3, -0.25) is 14.6 Å². The van der Waals surface area contributed by atoms with Gasteiger partial charge < -0.3 is 20.5 Å². The van der Waals surface area contributed by atoms with Gasteiger partial charge in [0.25, 0.3) is 11.8 Å². The van der Waals surface area contributed by atoms with Crippen molar-refractivity contribution >= 4 is 17.5 Å². The predicted octanol–water partition coefficient (Wildman–Crippen LogP) is 5.31. The first kappa shape index (κ1) is 25.4. The van der Waals surface area contributed by atoms with Gasteiger partial charge in [0.05, 0.1) is 17.2 Å². The molecule has 2 amide bonds. The van der Waals surface area contributed by atoms with Gasteiger partial charge in [-0.15, -0.1) is 0 Å². The summed E-state index contributed by atoms with van der Waals surface area (Å²) in [6, 6.07) is 6.82. The maximum atomic E-state index is 14.6. The molecular formula is C23H18F5N3O4. The van der Waals surface area contributed by atoms with Crippen molar-refractivity contribution in [3.63, 3.8) is 0 Å². The molecular weight excluding hydrogens is 477 g/mol. The highest BCUT2D eigenvalue weighted by Crippen LogP contribution is 2.39. The van der Waals surface area contributed by atoms with Crippen LogP contribution in [0.15, 0.2) is 48.7 Å². The standard InChI is InChI=1S/C23H18F5N3O4/c1-11(2)34-16-6-7-17(20(25)19(16)24)35-15-5-3-4-13(23(26,27)28)18(15)22(33)31-12-8-9-30-14(10-12)21(29)32/h3-11H,1-2H3,(H2,29,32)(H,30,31,33). The molecule has 0 aliphatic carbocycles. The molecule has 3 N–H and O–H groups in total. The topological polar surface area (TPSA) is 104 Å². The van der Waals surface area contributed by atoms with E-state index in [1.54, 1.807) is 13.8 Å². The third-order valence-electron chi connectivity index (χ3n) is 4.42. The lowest BCUT2D eigenvalue weighted by Gasteiger charge is -2.18. The number of amides is 2. The van der Waals surface area contributed by atoms with Crippen molar-refractivity contribution in [2.75, 3.05) is 5.32 Å². The number of nitrogens with two attached hydrogens (primary N) is 1.